The summed E-state index contributed by atoms with van der Waals surface area (Å²) in [6.45, 7) is 5.85. The van der Waals surface area contributed by atoms with Gasteiger partial charge in [0.2, 0.25) is 5.91 Å². The van der Waals surface area contributed by atoms with Crippen LogP contribution in [-0.4, -0.2) is 21.1 Å². The minimum absolute atomic E-state index is 0.120. The van der Waals surface area contributed by atoms with Crippen molar-refractivity contribution in [3.05, 3.63) is 23.8 Å². The van der Waals surface area contributed by atoms with Crippen molar-refractivity contribution >= 4 is 28.1 Å². The minimum Gasteiger partial charge on any atom is -0.399 e. The number of aryl methyl sites for hydroxylation is 1. The molecule has 0 aromatic heterocycles. The zero-order valence-corrected chi connectivity index (χ0v) is 12.5. The van der Waals surface area contributed by atoms with E-state index in [1.807, 2.05) is 26.8 Å². The predicted molar refractivity (Wildman–Crippen MR) is 81.6 cm³/mol. The van der Waals surface area contributed by atoms with Gasteiger partial charge in [-0.25, -0.2) is 0 Å². The molecule has 5 heteroatoms. The van der Waals surface area contributed by atoms with Gasteiger partial charge in [-0.15, -0.1) is 0 Å². The van der Waals surface area contributed by atoms with E-state index < -0.39 is 10.8 Å². The summed E-state index contributed by atoms with van der Waals surface area (Å²) in [6.07, 6.45) is 1.13. The first-order chi connectivity index (χ1) is 8.93. The van der Waals surface area contributed by atoms with Crippen molar-refractivity contribution in [2.24, 2.45) is 0 Å². The van der Waals surface area contributed by atoms with Gasteiger partial charge in [-0.05, 0) is 31.0 Å². The first-order valence-corrected chi connectivity index (χ1v) is 7.85. The van der Waals surface area contributed by atoms with Gasteiger partial charge in [0, 0.05) is 39.6 Å². The molecule has 19 heavy (non-hydrogen) atoms. The number of hydrogen-bond donors (Lipinski definition) is 2. The molecule has 4 nitrogen and oxygen atoms in total. The summed E-state index contributed by atoms with van der Waals surface area (Å²) in [5.41, 5.74) is 7.98. The molecule has 3 N–H and O–H groups in total. The average Bonchev–Trinajstić information content (AvgIpc) is 2.39. The smallest absolute Gasteiger partial charge is 0.225 e. The number of nitrogen functional groups attached to an aromatic ring is 1. The number of carbonyl (C=O) groups is 1. The quantitative estimate of drug-likeness (QED) is 0.787. The van der Waals surface area contributed by atoms with Crippen LogP contribution in [0.1, 0.15) is 32.3 Å². The molecule has 0 heterocycles. The monoisotopic (exact) mass is 282 g/mol. The van der Waals surface area contributed by atoms with Crippen LogP contribution in [0, 0.1) is 6.92 Å². The number of rotatable bonds is 6. The molecule has 0 fully saturated rings. The maximum Gasteiger partial charge on any atom is 0.225 e. The first kappa shape index (κ1) is 15.7. The lowest BCUT2D eigenvalue weighted by molar-refractivity contribution is -0.115. The Morgan fingerprint density at radius 1 is 1.47 bits per heavy atom. The topological polar surface area (TPSA) is 72.2 Å². The molecule has 2 unspecified atom stereocenters. The molecule has 1 aromatic rings. The Balaban J connectivity index is 2.52. The summed E-state index contributed by atoms with van der Waals surface area (Å²) in [7, 11) is -0.939. The molecule has 2 atom stereocenters. The lowest BCUT2D eigenvalue weighted by Crippen LogP contribution is -2.19. The summed E-state index contributed by atoms with van der Waals surface area (Å²) < 4.78 is 11.8. The van der Waals surface area contributed by atoms with Crippen molar-refractivity contribution < 1.29 is 9.00 Å². The van der Waals surface area contributed by atoms with Gasteiger partial charge in [-0.1, -0.05) is 19.9 Å². The van der Waals surface area contributed by atoms with Crippen molar-refractivity contribution in [3.63, 3.8) is 0 Å². The SMILES string of the molecule is CCC(C)S(=O)CCC(=O)Nc1cc(N)ccc1C. The lowest BCUT2D eigenvalue weighted by Gasteiger charge is -2.11. The fraction of sp³-hybridized carbons (Fsp3) is 0.500. The zero-order valence-electron chi connectivity index (χ0n) is 11.7. The minimum atomic E-state index is -0.939. The highest BCUT2D eigenvalue weighted by Gasteiger charge is 2.11. The number of benzene rings is 1. The van der Waals surface area contributed by atoms with Crippen LogP contribution in [0.3, 0.4) is 0 Å². The standard InChI is InChI=1S/C14H22N2O2S/c1-4-11(3)19(18)8-7-14(17)16-13-9-12(15)6-5-10(13)2/h5-6,9,11H,4,7-8,15H2,1-3H3,(H,16,17). The third-order valence-electron chi connectivity index (χ3n) is 3.09. The van der Waals surface area contributed by atoms with E-state index in [0.717, 1.165) is 17.7 Å². The second-order valence-electron chi connectivity index (χ2n) is 4.68. The largest absolute Gasteiger partial charge is 0.399 e. The Morgan fingerprint density at radius 2 is 2.16 bits per heavy atom. The second kappa shape index (κ2) is 7.28. The normalized spacial score (nSPS) is 13.8. The van der Waals surface area contributed by atoms with Crippen molar-refractivity contribution in [3.8, 4) is 0 Å². The molecule has 0 aliphatic heterocycles. The number of amides is 1. The van der Waals surface area contributed by atoms with E-state index in [-0.39, 0.29) is 17.6 Å². The summed E-state index contributed by atoms with van der Waals surface area (Å²) in [5, 5.41) is 2.95. The fourth-order valence-corrected chi connectivity index (χ4v) is 2.73. The Morgan fingerprint density at radius 3 is 2.79 bits per heavy atom. The van der Waals surface area contributed by atoms with Crippen LogP contribution >= 0.6 is 0 Å². The van der Waals surface area contributed by atoms with Crippen LogP contribution in [0.25, 0.3) is 0 Å². The van der Waals surface area contributed by atoms with E-state index in [1.165, 1.54) is 0 Å². The summed E-state index contributed by atoms with van der Waals surface area (Å²) >= 11 is 0. The van der Waals surface area contributed by atoms with Gasteiger partial charge in [0.1, 0.15) is 0 Å². The molecular formula is C14H22N2O2S. The van der Waals surface area contributed by atoms with Crippen LogP contribution in [0.2, 0.25) is 0 Å². The van der Waals surface area contributed by atoms with Crippen molar-refractivity contribution in [2.45, 2.75) is 38.9 Å². The Kier molecular flexibility index (Phi) is 6.02. The van der Waals surface area contributed by atoms with Crippen molar-refractivity contribution in [1.29, 1.82) is 0 Å². The Hall–Kier alpha value is -1.36. The van der Waals surface area contributed by atoms with Crippen LogP contribution in [-0.2, 0) is 15.6 Å². The molecule has 1 amide bonds. The number of nitrogens with two attached hydrogens (primary N) is 1. The van der Waals surface area contributed by atoms with E-state index in [1.54, 1.807) is 12.1 Å². The van der Waals surface area contributed by atoms with Gasteiger partial charge < -0.3 is 11.1 Å². The molecule has 0 aliphatic rings. The van der Waals surface area contributed by atoms with E-state index in [0.29, 0.717) is 11.4 Å². The summed E-state index contributed by atoms with van der Waals surface area (Å²) in [4.78, 5) is 11.8. The van der Waals surface area contributed by atoms with Crippen LogP contribution in [0.4, 0.5) is 11.4 Å². The molecule has 0 radical (unpaired) electrons. The highest BCUT2D eigenvalue weighted by Crippen LogP contribution is 2.18. The highest BCUT2D eigenvalue weighted by molar-refractivity contribution is 7.85. The van der Waals surface area contributed by atoms with Crippen LogP contribution in [0.15, 0.2) is 18.2 Å². The molecule has 0 aliphatic carbocycles. The second-order valence-corrected chi connectivity index (χ2v) is 6.65. The number of carbonyl (C=O) groups excluding carboxylic acids is 1. The maximum absolute atomic E-state index is 11.8. The van der Waals surface area contributed by atoms with E-state index in [4.69, 9.17) is 5.73 Å². The van der Waals surface area contributed by atoms with Gasteiger partial charge in [-0.2, -0.15) is 0 Å². The van der Waals surface area contributed by atoms with Crippen LogP contribution in [0.5, 0.6) is 0 Å². The van der Waals surface area contributed by atoms with E-state index in [2.05, 4.69) is 5.32 Å². The lowest BCUT2D eigenvalue weighted by atomic mass is 10.2. The maximum atomic E-state index is 11.8. The molecule has 0 saturated carbocycles. The molecule has 1 aromatic carbocycles. The Labute approximate surface area is 117 Å². The molecule has 106 valence electrons. The molecule has 0 bridgehead atoms. The van der Waals surface area contributed by atoms with Crippen LogP contribution < -0.4 is 11.1 Å². The number of hydrogen-bond acceptors (Lipinski definition) is 3. The average molecular weight is 282 g/mol. The highest BCUT2D eigenvalue weighted by atomic mass is 32.2. The third-order valence-corrected chi connectivity index (χ3v) is 4.93. The molecule has 1 rings (SSSR count). The number of nitrogens with one attached hydrogen (secondary N) is 1. The predicted octanol–water partition coefficient (Wildman–Crippen LogP) is 2.45. The summed E-state index contributed by atoms with van der Waals surface area (Å²) in [6, 6.07) is 5.39. The third kappa shape index (κ3) is 5.03. The fourth-order valence-electron chi connectivity index (χ4n) is 1.57. The molecular weight excluding hydrogens is 260 g/mol. The van der Waals surface area contributed by atoms with Gasteiger partial charge in [0.25, 0.3) is 0 Å². The molecule has 0 spiro atoms. The van der Waals surface area contributed by atoms with Gasteiger partial charge >= 0.3 is 0 Å². The molecule has 0 saturated heterocycles. The van der Waals surface area contributed by atoms with Gasteiger partial charge in [0.05, 0.1) is 0 Å². The van der Waals surface area contributed by atoms with Crippen molar-refractivity contribution in [2.75, 3.05) is 16.8 Å². The summed E-state index contributed by atoms with van der Waals surface area (Å²) in [5.74, 6) is 0.285. The van der Waals surface area contributed by atoms with E-state index in [9.17, 15) is 9.00 Å². The Bertz CT molecular complexity index is 475. The van der Waals surface area contributed by atoms with E-state index >= 15 is 0 Å². The van der Waals surface area contributed by atoms with Crippen molar-refractivity contribution in [1.82, 2.24) is 0 Å². The van der Waals surface area contributed by atoms with Gasteiger partial charge in [0.15, 0.2) is 0 Å². The zero-order chi connectivity index (χ0) is 14.4. The number of anilines is 2. The first-order valence-electron chi connectivity index (χ1n) is 6.47. The van der Waals surface area contributed by atoms with Gasteiger partial charge in [-0.3, -0.25) is 9.00 Å².